The molecule has 2 N–H and O–H groups in total. The van der Waals surface area contributed by atoms with Crippen LogP contribution in [-0.2, 0) is 27.5 Å². The molecule has 0 unspecified atom stereocenters. The van der Waals surface area contributed by atoms with Crippen molar-refractivity contribution in [2.75, 3.05) is 17.2 Å². The van der Waals surface area contributed by atoms with Gasteiger partial charge in [0.05, 0.1) is 35.0 Å². The standard InChI is InChI=1S/C43H49N3O5S/c1-6-7-26-45-27-11-16-35-40(45)44-37(42(35,2)3)24-22-30-13-10-14-31(39(30)32-18-20-33(21-19-32)41(47)48)23-25-38-43(4,5)34-15-8-9-17-36(34)46(38)28-12-29-52(49,50)51/h8-9,11,15-25,27H,6-7,10,12-14,26,28-29H2,1-5H3,(H-,47,48,49,50,51)/p+1. The number of anilines is 1. The number of nitrogens with zero attached hydrogens (tertiary/aromatic N) is 3. The molecule has 1 aliphatic carbocycles. The first-order valence-electron chi connectivity index (χ1n) is 18.3. The van der Waals surface area contributed by atoms with E-state index in [1.807, 2.05) is 24.3 Å². The highest BCUT2D eigenvalue weighted by molar-refractivity contribution is 7.85. The Labute approximate surface area is 308 Å². The summed E-state index contributed by atoms with van der Waals surface area (Å²) in [4.78, 5) is 19.1. The second-order valence-electron chi connectivity index (χ2n) is 15.1. The van der Waals surface area contributed by atoms with Crippen molar-refractivity contribution in [3.63, 3.8) is 0 Å². The predicted octanol–water partition coefficient (Wildman–Crippen LogP) is 8.92. The Morgan fingerprint density at radius 2 is 1.65 bits per heavy atom. The van der Waals surface area contributed by atoms with Gasteiger partial charge in [0.25, 0.3) is 10.1 Å². The molecule has 8 nitrogen and oxygen atoms in total. The number of rotatable bonds is 12. The number of pyridine rings is 1. The molecule has 3 aromatic rings. The van der Waals surface area contributed by atoms with Crippen LogP contribution in [0.1, 0.15) is 100 Å². The first-order valence-corrected chi connectivity index (χ1v) is 19.9. The quantitative estimate of drug-likeness (QED) is 0.143. The number of carboxylic acid groups (broad SMARTS) is 1. The topological polar surface area (TPSA) is 111 Å². The fraction of sp³-hybridized carbons (Fsp3) is 0.372. The molecule has 1 aromatic heterocycles. The zero-order valence-corrected chi connectivity index (χ0v) is 31.7. The van der Waals surface area contributed by atoms with Crippen LogP contribution in [0, 0.1) is 0 Å². The highest BCUT2D eigenvalue weighted by atomic mass is 32.2. The zero-order valence-electron chi connectivity index (χ0n) is 30.9. The van der Waals surface area contributed by atoms with Crippen LogP contribution in [0.3, 0.4) is 0 Å². The minimum Gasteiger partial charge on any atom is -0.478 e. The zero-order chi connectivity index (χ0) is 37.3. The molecule has 0 saturated heterocycles. The van der Waals surface area contributed by atoms with Crippen molar-refractivity contribution < 1.29 is 27.4 Å². The number of allylic oxidation sites excluding steroid dienone is 8. The van der Waals surface area contributed by atoms with Gasteiger partial charge in [-0.15, -0.1) is 0 Å². The second kappa shape index (κ2) is 14.8. The molecule has 2 aliphatic heterocycles. The number of aryl methyl sites for hydroxylation is 1. The van der Waals surface area contributed by atoms with E-state index in [2.05, 4.69) is 98.9 Å². The van der Waals surface area contributed by atoms with Crippen LogP contribution < -0.4 is 9.47 Å². The number of fused-ring (bicyclic) bond motifs is 2. The summed E-state index contributed by atoms with van der Waals surface area (Å²) >= 11 is 0. The predicted molar refractivity (Wildman–Crippen MR) is 209 cm³/mol. The number of benzene rings is 2. The monoisotopic (exact) mass is 720 g/mol. The molecular weight excluding hydrogens is 671 g/mol. The molecule has 0 amide bonds. The van der Waals surface area contributed by atoms with Gasteiger partial charge in [0.1, 0.15) is 0 Å². The molecule has 0 atom stereocenters. The van der Waals surface area contributed by atoms with Crippen LogP contribution in [-0.4, -0.2) is 42.1 Å². The Bertz CT molecular complexity index is 2140. The number of hydrogen-bond donors (Lipinski definition) is 2. The molecule has 0 saturated carbocycles. The maximum Gasteiger partial charge on any atom is 0.335 e. The summed E-state index contributed by atoms with van der Waals surface area (Å²) in [7, 11) is -4.08. The van der Waals surface area contributed by atoms with Gasteiger partial charge in [-0.1, -0.05) is 69.7 Å². The van der Waals surface area contributed by atoms with Gasteiger partial charge in [-0.05, 0) is 121 Å². The largest absolute Gasteiger partial charge is 0.478 e. The summed E-state index contributed by atoms with van der Waals surface area (Å²) in [5.74, 6) is -0.239. The Balaban J connectivity index is 1.43. The third kappa shape index (κ3) is 7.48. The van der Waals surface area contributed by atoms with Crippen molar-refractivity contribution in [1.29, 1.82) is 0 Å². The molecule has 6 rings (SSSR count). The van der Waals surface area contributed by atoms with Crippen LogP contribution in [0.15, 0.2) is 113 Å². The minimum absolute atomic E-state index is 0.243. The molecule has 3 aliphatic rings. The van der Waals surface area contributed by atoms with Gasteiger partial charge in [0.2, 0.25) is 0 Å². The van der Waals surface area contributed by atoms with E-state index in [1.165, 1.54) is 11.1 Å². The van der Waals surface area contributed by atoms with Gasteiger partial charge in [0.15, 0.2) is 5.71 Å². The fourth-order valence-corrected chi connectivity index (χ4v) is 8.35. The van der Waals surface area contributed by atoms with E-state index in [0.717, 1.165) is 83.8 Å². The van der Waals surface area contributed by atoms with Crippen molar-refractivity contribution >= 4 is 38.9 Å². The van der Waals surface area contributed by atoms with Crippen LogP contribution in [0.2, 0.25) is 0 Å². The average Bonchev–Trinajstić information content (AvgIpc) is 3.49. The number of para-hydroxylation sites is 1. The molecule has 9 heteroatoms. The van der Waals surface area contributed by atoms with E-state index >= 15 is 0 Å². The lowest BCUT2D eigenvalue weighted by Gasteiger charge is -2.27. The number of aliphatic imine (C=N–C) groups is 1. The normalized spacial score (nSPS) is 19.4. The first kappa shape index (κ1) is 37.2. The molecule has 272 valence electrons. The van der Waals surface area contributed by atoms with Crippen LogP contribution >= 0.6 is 0 Å². The van der Waals surface area contributed by atoms with Gasteiger partial charge in [-0.2, -0.15) is 8.42 Å². The smallest absolute Gasteiger partial charge is 0.335 e. The Morgan fingerprint density at radius 1 is 0.923 bits per heavy atom. The van der Waals surface area contributed by atoms with Gasteiger partial charge in [-0.3, -0.25) is 4.55 Å². The summed E-state index contributed by atoms with van der Waals surface area (Å²) in [6, 6.07) is 19.6. The maximum atomic E-state index is 11.8. The molecule has 3 heterocycles. The van der Waals surface area contributed by atoms with Gasteiger partial charge < -0.3 is 10.0 Å². The van der Waals surface area contributed by atoms with E-state index in [-0.39, 0.29) is 28.6 Å². The van der Waals surface area contributed by atoms with Gasteiger partial charge in [0, 0.05) is 23.3 Å². The number of aromatic nitrogens is 1. The highest BCUT2D eigenvalue weighted by Gasteiger charge is 2.42. The molecule has 0 radical (unpaired) electrons. The number of aromatic carboxylic acids is 1. The Hall–Kier alpha value is -4.60. The van der Waals surface area contributed by atoms with E-state index in [4.69, 9.17) is 4.99 Å². The van der Waals surface area contributed by atoms with E-state index in [9.17, 15) is 22.9 Å². The van der Waals surface area contributed by atoms with Gasteiger partial charge in [-0.25, -0.2) is 9.36 Å². The average molecular weight is 721 g/mol. The van der Waals surface area contributed by atoms with Crippen molar-refractivity contribution in [3.8, 4) is 0 Å². The summed E-state index contributed by atoms with van der Waals surface area (Å²) in [5.41, 5.74) is 9.50. The number of hydrogen-bond acceptors (Lipinski definition) is 5. The SMILES string of the molecule is CCCC[n+]1cccc2c1N=C(/C=C/C1=C(c3ccc(C(=O)O)cc3)C(=C/C=C3/N(CCCS(=O)(=O)O)c4ccccc4C3(C)C)/CCC1)C2(C)C. The summed E-state index contributed by atoms with van der Waals surface area (Å²) in [6.45, 7) is 12.4. The van der Waals surface area contributed by atoms with E-state index in [0.29, 0.717) is 6.54 Å². The lowest BCUT2D eigenvalue weighted by molar-refractivity contribution is -0.684. The van der Waals surface area contributed by atoms with Gasteiger partial charge >= 0.3 is 11.8 Å². The highest BCUT2D eigenvalue weighted by Crippen LogP contribution is 2.48. The third-order valence-corrected chi connectivity index (χ3v) is 11.6. The molecule has 52 heavy (non-hydrogen) atoms. The van der Waals surface area contributed by atoms with E-state index < -0.39 is 16.1 Å². The van der Waals surface area contributed by atoms with Crippen LogP contribution in [0.4, 0.5) is 11.5 Å². The van der Waals surface area contributed by atoms with E-state index in [1.54, 1.807) is 12.1 Å². The molecule has 0 bridgehead atoms. The van der Waals surface area contributed by atoms with Crippen molar-refractivity contribution in [2.45, 2.75) is 90.5 Å². The number of carbonyl (C=O) groups is 1. The molecular formula is C43H50N3O5S+. The summed E-state index contributed by atoms with van der Waals surface area (Å²) in [5, 5.41) is 9.64. The maximum absolute atomic E-state index is 11.8. The van der Waals surface area contributed by atoms with Crippen LogP contribution in [0.25, 0.3) is 5.57 Å². The minimum atomic E-state index is -4.08. The lowest BCUT2D eigenvalue weighted by Crippen LogP contribution is -2.34. The second-order valence-corrected chi connectivity index (χ2v) is 16.6. The summed E-state index contributed by atoms with van der Waals surface area (Å²) < 4.78 is 34.9. The van der Waals surface area contributed by atoms with Crippen molar-refractivity contribution in [2.24, 2.45) is 4.99 Å². The van der Waals surface area contributed by atoms with Crippen molar-refractivity contribution in [1.82, 2.24) is 0 Å². The molecule has 0 fully saturated rings. The van der Waals surface area contributed by atoms with Crippen LogP contribution in [0.5, 0.6) is 0 Å². The number of unbranched alkanes of at least 4 members (excludes halogenated alkanes) is 1. The molecule has 2 aromatic carbocycles. The first-order chi connectivity index (χ1) is 24.7. The van der Waals surface area contributed by atoms with Crippen molar-refractivity contribution in [3.05, 3.63) is 130 Å². The Morgan fingerprint density at radius 3 is 2.37 bits per heavy atom. The summed E-state index contributed by atoms with van der Waals surface area (Å²) in [6.07, 6.45) is 16.0. The molecule has 0 spiro atoms. The number of carboxylic acids is 1. The third-order valence-electron chi connectivity index (χ3n) is 10.8. The Kier molecular flexibility index (Phi) is 10.6. The fourth-order valence-electron chi connectivity index (χ4n) is 7.86. The lowest BCUT2D eigenvalue weighted by atomic mass is 9.80.